The van der Waals surface area contributed by atoms with Crippen LogP contribution in [0.25, 0.3) is 11.1 Å². The lowest BCUT2D eigenvalue weighted by Crippen LogP contribution is -2.33. The molecule has 32 heavy (non-hydrogen) atoms. The number of halogens is 1. The van der Waals surface area contributed by atoms with Gasteiger partial charge in [0.1, 0.15) is 5.82 Å². The Morgan fingerprint density at radius 2 is 1.75 bits per heavy atom. The van der Waals surface area contributed by atoms with Crippen molar-refractivity contribution in [3.63, 3.8) is 0 Å². The lowest BCUT2D eigenvalue weighted by atomic mass is 9.97. The highest BCUT2D eigenvalue weighted by atomic mass is 32.2. The van der Waals surface area contributed by atoms with Crippen LogP contribution in [0.3, 0.4) is 0 Å². The zero-order valence-electron chi connectivity index (χ0n) is 17.8. The van der Waals surface area contributed by atoms with Gasteiger partial charge in [-0.3, -0.25) is 15.0 Å². The predicted octanol–water partition coefficient (Wildman–Crippen LogP) is 4.12. The minimum atomic E-state index is -0.593. The first-order valence-electron chi connectivity index (χ1n) is 9.94. The maximum Gasteiger partial charge on any atom is 0.269 e. The van der Waals surface area contributed by atoms with E-state index in [1.807, 2.05) is 36.4 Å². The molecule has 0 aromatic heterocycles. The molecule has 3 aromatic rings. The van der Waals surface area contributed by atoms with Crippen molar-refractivity contribution in [1.82, 2.24) is 15.6 Å². The van der Waals surface area contributed by atoms with Gasteiger partial charge in [0, 0.05) is 24.1 Å². The Kier molecular flexibility index (Phi) is 8.38. The van der Waals surface area contributed by atoms with Crippen molar-refractivity contribution in [3.05, 3.63) is 89.2 Å². The number of nitrogens with one attached hydrogen (secondary N) is 3. The summed E-state index contributed by atoms with van der Waals surface area (Å²) in [5.74, 6) is -1.42. The minimum absolute atomic E-state index is 0.0869. The van der Waals surface area contributed by atoms with Gasteiger partial charge in [0.2, 0.25) is 0 Å². The van der Waals surface area contributed by atoms with Crippen molar-refractivity contribution in [2.75, 3.05) is 20.3 Å². The summed E-state index contributed by atoms with van der Waals surface area (Å²) in [6.45, 7) is 2.41. The number of methoxy groups -OCH3 is 1. The number of hydrogen-bond acceptors (Lipinski definition) is 5. The summed E-state index contributed by atoms with van der Waals surface area (Å²) in [5, 5.41) is 2.77. The van der Waals surface area contributed by atoms with Crippen LogP contribution in [0.5, 0.6) is 0 Å². The van der Waals surface area contributed by atoms with E-state index in [4.69, 9.17) is 4.74 Å². The molecule has 0 saturated carbocycles. The van der Waals surface area contributed by atoms with E-state index in [9.17, 15) is 14.0 Å². The van der Waals surface area contributed by atoms with Gasteiger partial charge in [0.05, 0.1) is 12.2 Å². The number of ether oxygens (including phenoxy) is 1. The molecule has 8 heteroatoms. The van der Waals surface area contributed by atoms with E-state index >= 15 is 0 Å². The van der Waals surface area contributed by atoms with Gasteiger partial charge >= 0.3 is 0 Å². The smallest absolute Gasteiger partial charge is 0.269 e. The molecular formula is C24H24FN3O3S. The molecule has 2 amide bonds. The van der Waals surface area contributed by atoms with Gasteiger partial charge in [-0.25, -0.2) is 4.39 Å². The highest BCUT2D eigenvalue weighted by molar-refractivity contribution is 7.97. The first-order chi connectivity index (χ1) is 15.5. The Morgan fingerprint density at radius 3 is 2.50 bits per heavy atom. The predicted molar refractivity (Wildman–Crippen MR) is 124 cm³/mol. The monoisotopic (exact) mass is 453 g/mol. The van der Waals surface area contributed by atoms with Gasteiger partial charge in [0.15, 0.2) is 0 Å². The third-order valence-corrected chi connectivity index (χ3v) is 5.34. The second-order valence-corrected chi connectivity index (χ2v) is 7.84. The lowest BCUT2D eigenvalue weighted by Gasteiger charge is -2.12. The zero-order chi connectivity index (χ0) is 22.9. The van der Waals surface area contributed by atoms with Crippen molar-refractivity contribution in [2.45, 2.75) is 11.8 Å². The molecule has 0 unspecified atom stereocenters. The van der Waals surface area contributed by atoms with Gasteiger partial charge in [-0.15, -0.1) is 0 Å². The number of rotatable bonds is 9. The molecule has 0 fully saturated rings. The Labute approximate surface area is 190 Å². The van der Waals surface area contributed by atoms with Crippen LogP contribution in [0.15, 0.2) is 71.6 Å². The third-order valence-electron chi connectivity index (χ3n) is 4.63. The summed E-state index contributed by atoms with van der Waals surface area (Å²) in [5.41, 5.74) is 4.56. The number of aryl methyl sites for hydroxylation is 1. The summed E-state index contributed by atoms with van der Waals surface area (Å²) < 4.78 is 19.6. The Morgan fingerprint density at radius 1 is 0.969 bits per heavy atom. The van der Waals surface area contributed by atoms with E-state index < -0.39 is 11.7 Å². The number of carbonyl (C=O) groups excluding carboxylic acids is 2. The molecule has 3 aromatic carbocycles. The topological polar surface area (TPSA) is 79.5 Å². The van der Waals surface area contributed by atoms with E-state index in [2.05, 4.69) is 15.6 Å². The molecule has 0 saturated heterocycles. The summed E-state index contributed by atoms with van der Waals surface area (Å²) in [4.78, 5) is 28.6. The first kappa shape index (κ1) is 23.5. The van der Waals surface area contributed by atoms with Crippen molar-refractivity contribution in [2.24, 2.45) is 0 Å². The van der Waals surface area contributed by atoms with Crippen LogP contribution in [0.2, 0.25) is 0 Å². The number of amides is 2. The molecule has 0 atom stereocenters. The van der Waals surface area contributed by atoms with Gasteiger partial charge in [-0.1, -0.05) is 30.3 Å². The lowest BCUT2D eigenvalue weighted by molar-refractivity contribution is 0.0931. The van der Waals surface area contributed by atoms with E-state index in [-0.39, 0.29) is 11.5 Å². The fourth-order valence-electron chi connectivity index (χ4n) is 3.00. The second kappa shape index (κ2) is 11.4. The SMILES string of the molecule is COCCNC(=O)c1cccc(-c2cc(C)c(F)c(C(=O)NNSc3ccccc3)c2)c1. The third kappa shape index (κ3) is 6.16. The molecule has 3 rings (SSSR count). The van der Waals surface area contributed by atoms with E-state index in [0.717, 1.165) is 4.90 Å². The number of carbonyl (C=O) groups is 2. The molecule has 0 aliphatic rings. The standard InChI is InChI=1S/C24H24FN3O3S/c1-16-13-19(17-7-6-8-18(14-17)23(29)26-11-12-31-2)15-21(22(16)25)24(30)27-28-32-20-9-4-3-5-10-20/h3-10,13-15,28H,11-12H2,1-2H3,(H,26,29)(H,27,30). The summed E-state index contributed by atoms with van der Waals surface area (Å²) in [7, 11) is 1.56. The summed E-state index contributed by atoms with van der Waals surface area (Å²) >= 11 is 1.21. The Hall–Kier alpha value is -3.20. The number of benzene rings is 3. The quantitative estimate of drug-likeness (QED) is 0.258. The fraction of sp³-hybridized carbons (Fsp3) is 0.167. The van der Waals surface area contributed by atoms with Crippen LogP contribution in [0.4, 0.5) is 4.39 Å². The second-order valence-electron chi connectivity index (χ2n) is 6.96. The van der Waals surface area contributed by atoms with E-state index in [0.29, 0.717) is 35.4 Å². The van der Waals surface area contributed by atoms with Crippen LogP contribution >= 0.6 is 11.9 Å². The number of hydrazine groups is 1. The van der Waals surface area contributed by atoms with Crippen LogP contribution < -0.4 is 15.6 Å². The summed E-state index contributed by atoms with van der Waals surface area (Å²) in [6.07, 6.45) is 0. The first-order valence-corrected chi connectivity index (χ1v) is 10.8. The molecule has 6 nitrogen and oxygen atoms in total. The fourth-order valence-corrected chi connectivity index (χ4v) is 3.55. The van der Waals surface area contributed by atoms with Crippen molar-refractivity contribution in [3.8, 4) is 11.1 Å². The molecule has 0 spiro atoms. The maximum atomic E-state index is 14.7. The van der Waals surface area contributed by atoms with Gasteiger partial charge in [0.25, 0.3) is 11.8 Å². The van der Waals surface area contributed by atoms with Gasteiger partial charge < -0.3 is 10.1 Å². The van der Waals surface area contributed by atoms with Crippen molar-refractivity contribution in [1.29, 1.82) is 0 Å². The molecule has 0 aliphatic carbocycles. The van der Waals surface area contributed by atoms with Gasteiger partial charge in [-0.2, -0.15) is 4.83 Å². The minimum Gasteiger partial charge on any atom is -0.383 e. The van der Waals surface area contributed by atoms with Crippen LogP contribution in [0.1, 0.15) is 26.3 Å². The molecule has 0 heterocycles. The average molecular weight is 454 g/mol. The van der Waals surface area contributed by atoms with E-state index in [1.54, 1.807) is 38.3 Å². The maximum absolute atomic E-state index is 14.7. The average Bonchev–Trinajstić information content (AvgIpc) is 2.81. The van der Waals surface area contributed by atoms with Gasteiger partial charge in [-0.05, 0) is 72.0 Å². The summed E-state index contributed by atoms with van der Waals surface area (Å²) in [6, 6.07) is 19.5. The highest BCUT2D eigenvalue weighted by Crippen LogP contribution is 2.26. The Bertz CT molecular complexity index is 1090. The molecule has 166 valence electrons. The highest BCUT2D eigenvalue weighted by Gasteiger charge is 2.17. The van der Waals surface area contributed by atoms with Crippen molar-refractivity contribution < 1.29 is 18.7 Å². The van der Waals surface area contributed by atoms with Crippen LogP contribution in [-0.2, 0) is 4.74 Å². The largest absolute Gasteiger partial charge is 0.383 e. The van der Waals surface area contributed by atoms with E-state index in [1.165, 1.54) is 18.0 Å². The molecule has 0 aliphatic heterocycles. The Balaban J connectivity index is 1.76. The molecule has 3 N–H and O–H groups in total. The molecule has 0 bridgehead atoms. The van der Waals surface area contributed by atoms with Crippen LogP contribution in [0, 0.1) is 12.7 Å². The number of hydrogen-bond donors (Lipinski definition) is 3. The molecular weight excluding hydrogens is 429 g/mol. The normalized spacial score (nSPS) is 10.6. The zero-order valence-corrected chi connectivity index (χ0v) is 18.6. The van der Waals surface area contributed by atoms with Crippen LogP contribution in [-0.4, -0.2) is 32.1 Å². The molecule has 0 radical (unpaired) electrons. The van der Waals surface area contributed by atoms with Crippen molar-refractivity contribution >= 4 is 23.8 Å².